The number of carbonyl (C=O) groups is 1. The van der Waals surface area contributed by atoms with Gasteiger partial charge in [0, 0.05) is 6.42 Å². The third-order valence-corrected chi connectivity index (χ3v) is 9.46. The maximum absolute atomic E-state index is 12.7. The van der Waals surface area contributed by atoms with Crippen molar-refractivity contribution < 1.29 is 14.0 Å². The summed E-state index contributed by atoms with van der Waals surface area (Å²) in [6.45, 7) is 5.69. The van der Waals surface area contributed by atoms with Crippen LogP contribution in [-0.2, 0) is 9.53 Å². The Hall–Kier alpha value is -1.61. The lowest BCUT2D eigenvalue weighted by atomic mass is 10.0. The van der Waals surface area contributed by atoms with E-state index in [0.29, 0.717) is 6.42 Å². The van der Waals surface area contributed by atoms with Crippen LogP contribution in [-0.4, -0.2) is 44.2 Å². The zero-order chi connectivity index (χ0) is 35.9. The van der Waals surface area contributed by atoms with Gasteiger partial charge in [0.05, 0.1) is 27.7 Å². The quantitative estimate of drug-likeness (QED) is 0.0282. The predicted molar refractivity (Wildman–Crippen MR) is 219 cm³/mol. The minimum Gasteiger partial charge on any atom is -0.462 e. The van der Waals surface area contributed by atoms with E-state index >= 15 is 0 Å². The molecule has 0 N–H and O–H groups in total. The van der Waals surface area contributed by atoms with Crippen molar-refractivity contribution in [1.82, 2.24) is 0 Å². The molecule has 286 valence electrons. The van der Waals surface area contributed by atoms with Crippen LogP contribution in [0.2, 0.25) is 0 Å². The summed E-state index contributed by atoms with van der Waals surface area (Å²) >= 11 is 0. The van der Waals surface area contributed by atoms with Crippen molar-refractivity contribution in [3.63, 3.8) is 0 Å². The second kappa shape index (κ2) is 37.6. The number of ether oxygens (including phenoxy) is 1. The highest BCUT2D eigenvalue weighted by molar-refractivity contribution is 5.69. The number of unbranched alkanes of at least 4 members (excludes halogenated alkanes) is 20. The minimum atomic E-state index is 0.0373. The highest BCUT2D eigenvalue weighted by Gasteiger charge is 2.14. The molecule has 0 saturated heterocycles. The zero-order valence-electron chi connectivity index (χ0n) is 33.9. The van der Waals surface area contributed by atoms with Crippen molar-refractivity contribution in [3.8, 4) is 0 Å². The first kappa shape index (κ1) is 47.4. The number of nitrogens with zero attached hydrogens (tertiary/aromatic N) is 1. The van der Waals surface area contributed by atoms with E-state index in [1.807, 2.05) is 0 Å². The fourth-order valence-electron chi connectivity index (χ4n) is 6.26. The van der Waals surface area contributed by atoms with Gasteiger partial charge in [-0.05, 0) is 109 Å². The molecule has 0 amide bonds. The molecule has 0 aromatic carbocycles. The van der Waals surface area contributed by atoms with Crippen LogP contribution in [0.25, 0.3) is 0 Å². The van der Waals surface area contributed by atoms with E-state index in [9.17, 15) is 4.79 Å². The molecule has 3 nitrogen and oxygen atoms in total. The van der Waals surface area contributed by atoms with Crippen molar-refractivity contribution in [2.45, 2.75) is 213 Å². The molecule has 0 aliphatic rings. The van der Waals surface area contributed by atoms with Crippen LogP contribution in [0.1, 0.15) is 206 Å². The Morgan fingerprint density at radius 3 is 1.24 bits per heavy atom. The standard InChI is InChI=1S/C46H86NO2/c1-6-8-10-12-14-16-18-20-22-24-26-28-30-32-34-37-41-45(49-46(48)43-39-36-40-44-47(3,4)5)42-38-35-33-31-29-27-25-23-21-19-17-15-13-11-9-7-2/h14-17,20-23,45H,6-13,18-19,24-44H2,1-5H3/q+1/b16-14-,17-15-,22-20-,23-21-. The minimum absolute atomic E-state index is 0.0373. The molecule has 0 aliphatic heterocycles. The molecule has 0 aliphatic carbocycles. The summed E-state index contributed by atoms with van der Waals surface area (Å²) in [5, 5.41) is 0. The summed E-state index contributed by atoms with van der Waals surface area (Å²) in [5.41, 5.74) is 0. The molecule has 0 bridgehead atoms. The average molecular weight is 685 g/mol. The molecule has 3 heteroatoms. The predicted octanol–water partition coefficient (Wildman–Crippen LogP) is 14.6. The number of hydrogen-bond acceptors (Lipinski definition) is 2. The molecule has 0 spiro atoms. The van der Waals surface area contributed by atoms with Gasteiger partial charge in [-0.3, -0.25) is 4.79 Å². The first-order valence-electron chi connectivity index (χ1n) is 21.5. The van der Waals surface area contributed by atoms with Gasteiger partial charge in [-0.15, -0.1) is 0 Å². The van der Waals surface area contributed by atoms with Crippen molar-refractivity contribution >= 4 is 5.97 Å². The Balaban J connectivity index is 4.15. The molecule has 0 atom stereocenters. The third-order valence-electron chi connectivity index (χ3n) is 9.46. The Labute approximate surface area is 308 Å². The SMILES string of the molecule is CCCCC/C=C\C/C=C\CCCCCCCCC(CCCCCCCC/C=C\C/C=C\CCCCC)OC(=O)CCCCC[N+](C)(C)C. The molecule has 49 heavy (non-hydrogen) atoms. The Kier molecular flexibility index (Phi) is 36.4. The fraction of sp³-hybridized carbons (Fsp3) is 0.804. The monoisotopic (exact) mass is 685 g/mol. The van der Waals surface area contributed by atoms with Gasteiger partial charge in [-0.25, -0.2) is 0 Å². The highest BCUT2D eigenvalue weighted by atomic mass is 16.5. The van der Waals surface area contributed by atoms with E-state index in [2.05, 4.69) is 83.6 Å². The lowest BCUT2D eigenvalue weighted by molar-refractivity contribution is -0.870. The number of carbonyl (C=O) groups excluding carboxylic acids is 1. The first-order chi connectivity index (χ1) is 23.9. The van der Waals surface area contributed by atoms with Gasteiger partial charge in [0.15, 0.2) is 0 Å². The molecular weight excluding hydrogens is 599 g/mol. The maximum Gasteiger partial charge on any atom is 0.306 e. The number of esters is 1. The van der Waals surface area contributed by atoms with Crippen molar-refractivity contribution in [2.24, 2.45) is 0 Å². The lowest BCUT2D eigenvalue weighted by Gasteiger charge is -2.23. The van der Waals surface area contributed by atoms with Crippen LogP contribution >= 0.6 is 0 Å². The summed E-state index contributed by atoms with van der Waals surface area (Å²) in [4.78, 5) is 12.7. The summed E-state index contributed by atoms with van der Waals surface area (Å²) in [5.74, 6) is 0.0373. The van der Waals surface area contributed by atoms with Crippen LogP contribution in [0.4, 0.5) is 0 Å². The van der Waals surface area contributed by atoms with E-state index in [4.69, 9.17) is 4.74 Å². The smallest absolute Gasteiger partial charge is 0.306 e. The molecule has 0 aromatic heterocycles. The summed E-state index contributed by atoms with van der Waals surface area (Å²) in [6.07, 6.45) is 55.3. The van der Waals surface area contributed by atoms with Gasteiger partial charge < -0.3 is 9.22 Å². The second-order valence-corrected chi connectivity index (χ2v) is 15.7. The Morgan fingerprint density at radius 2 is 0.837 bits per heavy atom. The van der Waals surface area contributed by atoms with Gasteiger partial charge in [0.2, 0.25) is 0 Å². The molecular formula is C46H86NO2+. The molecule has 0 aromatic rings. The Morgan fingerprint density at radius 1 is 0.469 bits per heavy atom. The topological polar surface area (TPSA) is 26.3 Å². The normalized spacial score (nSPS) is 12.6. The van der Waals surface area contributed by atoms with Gasteiger partial charge >= 0.3 is 5.97 Å². The lowest BCUT2D eigenvalue weighted by Crippen LogP contribution is -2.35. The van der Waals surface area contributed by atoms with Gasteiger partial charge in [-0.1, -0.05) is 140 Å². The van der Waals surface area contributed by atoms with Crippen LogP contribution in [0.15, 0.2) is 48.6 Å². The number of quaternary nitrogens is 1. The van der Waals surface area contributed by atoms with E-state index in [-0.39, 0.29) is 12.1 Å². The number of hydrogen-bond donors (Lipinski definition) is 0. The third kappa shape index (κ3) is 40.7. The fourth-order valence-corrected chi connectivity index (χ4v) is 6.26. The molecule has 0 saturated carbocycles. The number of allylic oxidation sites excluding steroid dienone is 8. The largest absolute Gasteiger partial charge is 0.462 e. The molecule has 0 rings (SSSR count). The van der Waals surface area contributed by atoms with Crippen molar-refractivity contribution in [1.29, 1.82) is 0 Å². The molecule has 0 radical (unpaired) electrons. The van der Waals surface area contributed by atoms with Crippen molar-refractivity contribution in [2.75, 3.05) is 27.7 Å². The average Bonchev–Trinajstić information content (AvgIpc) is 3.07. The van der Waals surface area contributed by atoms with Crippen molar-refractivity contribution in [3.05, 3.63) is 48.6 Å². The van der Waals surface area contributed by atoms with E-state index < -0.39 is 0 Å². The van der Waals surface area contributed by atoms with Crippen LogP contribution in [0, 0.1) is 0 Å². The molecule has 0 heterocycles. The second-order valence-electron chi connectivity index (χ2n) is 15.7. The first-order valence-corrected chi connectivity index (χ1v) is 21.5. The molecule has 0 fully saturated rings. The zero-order valence-corrected chi connectivity index (χ0v) is 33.9. The van der Waals surface area contributed by atoms with Gasteiger partial charge in [0.1, 0.15) is 6.10 Å². The highest BCUT2D eigenvalue weighted by Crippen LogP contribution is 2.19. The number of rotatable bonds is 37. The summed E-state index contributed by atoms with van der Waals surface area (Å²) in [7, 11) is 6.71. The van der Waals surface area contributed by atoms with E-state index in [1.54, 1.807) is 0 Å². The summed E-state index contributed by atoms with van der Waals surface area (Å²) < 4.78 is 7.07. The van der Waals surface area contributed by atoms with Crippen LogP contribution in [0.3, 0.4) is 0 Å². The van der Waals surface area contributed by atoms with Crippen LogP contribution in [0.5, 0.6) is 0 Å². The van der Waals surface area contributed by atoms with Gasteiger partial charge in [0.25, 0.3) is 0 Å². The van der Waals surface area contributed by atoms with Crippen LogP contribution < -0.4 is 0 Å². The molecule has 0 unspecified atom stereocenters. The Bertz CT molecular complexity index is 754. The van der Waals surface area contributed by atoms with E-state index in [0.717, 1.165) is 43.0 Å². The maximum atomic E-state index is 12.7. The summed E-state index contributed by atoms with van der Waals surface area (Å²) in [6, 6.07) is 0. The van der Waals surface area contributed by atoms with Gasteiger partial charge in [-0.2, -0.15) is 0 Å². The van der Waals surface area contributed by atoms with E-state index in [1.165, 1.54) is 154 Å².